The maximum Gasteiger partial charge on any atom is 0.337 e. The number of carbonyl (C=O) groups is 1. The molecule has 0 radical (unpaired) electrons. The lowest BCUT2D eigenvalue weighted by Gasteiger charge is -2.04. The minimum Gasteiger partial charge on any atom is -0.416 e. The third-order valence-electron chi connectivity index (χ3n) is 1.82. The van der Waals surface area contributed by atoms with Crippen LogP contribution in [-0.2, 0) is 4.79 Å². The van der Waals surface area contributed by atoms with E-state index in [9.17, 15) is 25.0 Å². The molecule has 0 atom stereocenters. The van der Waals surface area contributed by atoms with Crippen molar-refractivity contribution in [2.75, 3.05) is 0 Å². The van der Waals surface area contributed by atoms with Gasteiger partial charge >= 0.3 is 11.7 Å². The number of hydrogen-bond donors (Lipinski definition) is 0. The Bertz CT molecular complexity index is 556. The van der Waals surface area contributed by atoms with Crippen molar-refractivity contribution in [3.8, 4) is 5.75 Å². The van der Waals surface area contributed by atoms with Crippen LogP contribution in [0, 0.1) is 20.2 Å². The van der Waals surface area contributed by atoms with Crippen molar-refractivity contribution < 1.29 is 19.4 Å². The zero-order valence-corrected chi connectivity index (χ0v) is 9.42. The molecule has 0 saturated carbocycles. The Morgan fingerprint density at radius 3 is 2.39 bits per heavy atom. The Labute approximate surface area is 105 Å². The highest BCUT2D eigenvalue weighted by atomic mass is 35.5. The van der Waals surface area contributed by atoms with Gasteiger partial charge in [-0.2, -0.15) is 0 Å². The number of nitrogens with zero attached hydrogens (tertiary/aromatic N) is 2. The second kappa shape index (κ2) is 5.23. The molecule has 9 heteroatoms. The molecular formula is C9H5ClN2O6. The van der Waals surface area contributed by atoms with E-state index in [2.05, 4.69) is 11.3 Å². The highest BCUT2D eigenvalue weighted by Crippen LogP contribution is 2.40. The van der Waals surface area contributed by atoms with Crippen LogP contribution >= 0.6 is 11.6 Å². The average molecular weight is 273 g/mol. The van der Waals surface area contributed by atoms with Crippen LogP contribution < -0.4 is 4.74 Å². The lowest BCUT2D eigenvalue weighted by molar-refractivity contribution is -0.394. The van der Waals surface area contributed by atoms with E-state index in [0.29, 0.717) is 0 Å². The summed E-state index contributed by atoms with van der Waals surface area (Å²) in [5, 5.41) is 20.6. The SMILES string of the molecule is C=CC(=O)Oc1ccc([N+](=O)[O-])c(Cl)c1[N+](=O)[O-]. The van der Waals surface area contributed by atoms with Gasteiger partial charge in [0.2, 0.25) is 5.75 Å². The van der Waals surface area contributed by atoms with Crippen molar-refractivity contribution in [1.29, 1.82) is 0 Å². The molecule has 1 rings (SSSR count). The van der Waals surface area contributed by atoms with E-state index < -0.39 is 38.0 Å². The zero-order chi connectivity index (χ0) is 13.9. The van der Waals surface area contributed by atoms with Gasteiger partial charge in [0.1, 0.15) is 0 Å². The Balaban J connectivity index is 3.41. The molecule has 0 saturated heterocycles. The van der Waals surface area contributed by atoms with Crippen LogP contribution in [0.3, 0.4) is 0 Å². The molecule has 94 valence electrons. The van der Waals surface area contributed by atoms with Crippen LogP contribution in [-0.4, -0.2) is 15.8 Å². The third kappa shape index (κ3) is 2.61. The molecule has 0 amide bonds. The third-order valence-corrected chi connectivity index (χ3v) is 2.19. The van der Waals surface area contributed by atoms with Gasteiger partial charge in [-0.05, 0) is 6.07 Å². The molecule has 0 aliphatic carbocycles. The van der Waals surface area contributed by atoms with Crippen molar-refractivity contribution in [3.63, 3.8) is 0 Å². The second-order valence-electron chi connectivity index (χ2n) is 2.88. The maximum atomic E-state index is 10.9. The van der Waals surface area contributed by atoms with Gasteiger partial charge in [-0.15, -0.1) is 0 Å². The van der Waals surface area contributed by atoms with Crippen LogP contribution in [0.15, 0.2) is 24.8 Å². The van der Waals surface area contributed by atoms with E-state index in [1.807, 2.05) is 0 Å². The van der Waals surface area contributed by atoms with Gasteiger partial charge in [0.15, 0.2) is 5.02 Å². The van der Waals surface area contributed by atoms with E-state index in [1.54, 1.807) is 0 Å². The molecule has 0 spiro atoms. The van der Waals surface area contributed by atoms with E-state index >= 15 is 0 Å². The molecule has 0 N–H and O–H groups in total. The normalized spacial score (nSPS) is 9.61. The van der Waals surface area contributed by atoms with Crippen LogP contribution in [0.2, 0.25) is 5.02 Å². The number of nitro groups is 2. The molecule has 0 fully saturated rings. The first-order valence-corrected chi connectivity index (χ1v) is 4.71. The van der Waals surface area contributed by atoms with Crippen LogP contribution in [0.4, 0.5) is 11.4 Å². The topological polar surface area (TPSA) is 113 Å². The molecule has 0 aliphatic rings. The Morgan fingerprint density at radius 1 is 1.33 bits per heavy atom. The van der Waals surface area contributed by atoms with Gasteiger partial charge in [-0.1, -0.05) is 18.2 Å². The summed E-state index contributed by atoms with van der Waals surface area (Å²) in [5.74, 6) is -1.43. The maximum absolute atomic E-state index is 10.9. The number of esters is 1. The van der Waals surface area contributed by atoms with Gasteiger partial charge in [0.05, 0.1) is 9.85 Å². The average Bonchev–Trinajstić information content (AvgIpc) is 2.27. The van der Waals surface area contributed by atoms with Crippen molar-refractivity contribution in [1.82, 2.24) is 0 Å². The number of halogens is 1. The summed E-state index contributed by atoms with van der Waals surface area (Å²) < 4.78 is 4.57. The van der Waals surface area contributed by atoms with Crippen molar-refractivity contribution in [2.24, 2.45) is 0 Å². The van der Waals surface area contributed by atoms with E-state index in [1.165, 1.54) is 0 Å². The van der Waals surface area contributed by atoms with Gasteiger partial charge in [-0.3, -0.25) is 20.2 Å². The largest absolute Gasteiger partial charge is 0.416 e. The molecule has 0 unspecified atom stereocenters. The smallest absolute Gasteiger partial charge is 0.337 e. The summed E-state index contributed by atoms with van der Waals surface area (Å²) in [5.41, 5.74) is -1.50. The molecule has 0 bridgehead atoms. The highest BCUT2D eigenvalue weighted by Gasteiger charge is 2.29. The zero-order valence-electron chi connectivity index (χ0n) is 8.66. The summed E-state index contributed by atoms with van der Waals surface area (Å²) in [4.78, 5) is 30.4. The minimum absolute atomic E-state index is 0.486. The van der Waals surface area contributed by atoms with E-state index in [-0.39, 0.29) is 0 Å². The van der Waals surface area contributed by atoms with Gasteiger partial charge < -0.3 is 4.74 Å². The highest BCUT2D eigenvalue weighted by molar-refractivity contribution is 6.35. The molecular weight excluding hydrogens is 268 g/mol. The molecule has 18 heavy (non-hydrogen) atoms. The standard InChI is InChI=1S/C9H5ClN2O6/c1-2-7(13)18-6-4-3-5(11(14)15)8(10)9(6)12(16)17/h2-4H,1H2. The summed E-state index contributed by atoms with van der Waals surface area (Å²) >= 11 is 5.53. The van der Waals surface area contributed by atoms with Crippen molar-refractivity contribution in [2.45, 2.75) is 0 Å². The number of rotatable bonds is 4. The summed E-state index contributed by atoms with van der Waals surface area (Å²) in [6.07, 6.45) is 0.791. The number of benzene rings is 1. The summed E-state index contributed by atoms with van der Waals surface area (Å²) in [7, 11) is 0. The quantitative estimate of drug-likeness (QED) is 0.273. The number of carbonyl (C=O) groups excluding carboxylic acids is 1. The predicted octanol–water partition coefficient (Wildman–Crippen LogP) is 2.25. The molecule has 1 aromatic carbocycles. The van der Waals surface area contributed by atoms with E-state index in [0.717, 1.165) is 18.2 Å². The fourth-order valence-corrected chi connectivity index (χ4v) is 1.37. The molecule has 1 aromatic rings. The summed E-state index contributed by atoms with van der Waals surface area (Å²) in [6.45, 7) is 3.11. The van der Waals surface area contributed by atoms with Crippen molar-refractivity contribution in [3.05, 3.63) is 50.0 Å². The molecule has 0 aromatic heterocycles. The number of ether oxygens (including phenoxy) is 1. The monoisotopic (exact) mass is 272 g/mol. The first-order valence-electron chi connectivity index (χ1n) is 4.34. The van der Waals surface area contributed by atoms with Crippen LogP contribution in [0.25, 0.3) is 0 Å². The molecule has 0 aliphatic heterocycles. The summed E-state index contributed by atoms with van der Waals surface area (Å²) in [6, 6.07) is 1.82. The first-order chi connectivity index (χ1) is 8.38. The van der Waals surface area contributed by atoms with Gasteiger partial charge in [0.25, 0.3) is 5.69 Å². The minimum atomic E-state index is -0.971. The van der Waals surface area contributed by atoms with Crippen LogP contribution in [0.5, 0.6) is 5.75 Å². The predicted molar refractivity (Wildman–Crippen MR) is 60.6 cm³/mol. The Hall–Kier alpha value is -2.48. The number of nitro benzene ring substituents is 2. The first kappa shape index (κ1) is 13.6. The van der Waals surface area contributed by atoms with Crippen molar-refractivity contribution >= 4 is 28.9 Å². The number of hydrogen-bond acceptors (Lipinski definition) is 6. The van der Waals surface area contributed by atoms with Crippen LogP contribution in [0.1, 0.15) is 0 Å². The lowest BCUT2D eigenvalue weighted by Crippen LogP contribution is -2.06. The fourth-order valence-electron chi connectivity index (χ4n) is 1.08. The van der Waals surface area contributed by atoms with Gasteiger partial charge in [0, 0.05) is 12.1 Å². The van der Waals surface area contributed by atoms with Gasteiger partial charge in [-0.25, -0.2) is 4.79 Å². The second-order valence-corrected chi connectivity index (χ2v) is 3.26. The fraction of sp³-hybridized carbons (Fsp3) is 0. The Morgan fingerprint density at radius 2 is 1.94 bits per heavy atom. The Kier molecular flexibility index (Phi) is 3.95. The molecule has 0 heterocycles. The van der Waals surface area contributed by atoms with E-state index in [4.69, 9.17) is 11.6 Å². The molecule has 8 nitrogen and oxygen atoms in total. The lowest BCUT2D eigenvalue weighted by atomic mass is 10.2.